The van der Waals surface area contributed by atoms with Crippen LogP contribution in [0.15, 0.2) is 15.8 Å². The Bertz CT molecular complexity index is 821. The maximum atomic E-state index is 12.4. The van der Waals surface area contributed by atoms with Crippen molar-refractivity contribution in [1.29, 1.82) is 0 Å². The van der Waals surface area contributed by atoms with E-state index >= 15 is 0 Å². The number of carbonyl (C=O) groups is 1. The number of hydrogen-bond acceptors (Lipinski definition) is 7. The van der Waals surface area contributed by atoms with Crippen molar-refractivity contribution in [2.75, 3.05) is 20.3 Å². The highest BCUT2D eigenvalue weighted by Crippen LogP contribution is 2.38. The summed E-state index contributed by atoms with van der Waals surface area (Å²) in [5.41, 5.74) is -3.53. The van der Waals surface area contributed by atoms with Crippen LogP contribution in [0.4, 0.5) is 13.2 Å². The molecule has 4 N–H and O–H groups in total. The van der Waals surface area contributed by atoms with E-state index in [0.29, 0.717) is 0 Å². The summed E-state index contributed by atoms with van der Waals surface area (Å²) in [5.74, 6) is -2.29. The molecule has 27 heavy (non-hydrogen) atoms. The van der Waals surface area contributed by atoms with Crippen molar-refractivity contribution >= 4 is 5.91 Å². The van der Waals surface area contributed by atoms with Crippen molar-refractivity contribution in [2.45, 2.75) is 37.1 Å². The maximum absolute atomic E-state index is 12.4. The number of H-pyrrole nitrogens is 1. The van der Waals surface area contributed by atoms with E-state index in [-0.39, 0.29) is 5.56 Å². The second-order valence-electron chi connectivity index (χ2n) is 6.04. The number of carbonyl (C=O) groups excluding carboxylic acids is 1. The Balaban J connectivity index is 2.38. The van der Waals surface area contributed by atoms with Crippen LogP contribution in [0.1, 0.15) is 11.8 Å². The molecule has 0 unspecified atom stereocenters. The predicted octanol–water partition coefficient (Wildman–Crippen LogP) is -1.84. The van der Waals surface area contributed by atoms with E-state index in [1.54, 1.807) is 0 Å². The molecule has 1 amide bonds. The van der Waals surface area contributed by atoms with Crippen LogP contribution in [-0.4, -0.2) is 69.9 Å². The molecule has 0 radical (unpaired) electrons. The first-order valence-electron chi connectivity index (χ1n) is 7.63. The quantitative estimate of drug-likeness (QED) is 0.457. The van der Waals surface area contributed by atoms with E-state index in [0.717, 1.165) is 17.9 Å². The van der Waals surface area contributed by atoms with Crippen LogP contribution in [0.3, 0.4) is 0 Å². The summed E-state index contributed by atoms with van der Waals surface area (Å²) in [6.45, 7) is -0.499. The van der Waals surface area contributed by atoms with E-state index in [1.165, 1.54) is 12.2 Å². The average Bonchev–Trinajstić information content (AvgIpc) is 2.87. The first-order chi connectivity index (χ1) is 12.5. The van der Waals surface area contributed by atoms with Gasteiger partial charge in [0.05, 0.1) is 13.2 Å². The second kappa shape index (κ2) is 7.42. The zero-order valence-corrected chi connectivity index (χ0v) is 14.2. The monoisotopic (exact) mass is 397 g/mol. The lowest BCUT2D eigenvalue weighted by Crippen LogP contribution is -2.55. The molecule has 4 atom stereocenters. The SMILES string of the molecule is CO[C@H]1[C@H](n2cc(C)c(=O)[nH]c2=O)O[C@@](CO)(CNC(=O)C(F)(F)F)[C@H]1O. The van der Waals surface area contributed by atoms with E-state index in [2.05, 4.69) is 0 Å². The third kappa shape index (κ3) is 3.90. The van der Waals surface area contributed by atoms with Gasteiger partial charge in [0.25, 0.3) is 5.56 Å². The van der Waals surface area contributed by atoms with Crippen molar-refractivity contribution in [3.63, 3.8) is 0 Å². The molecule has 0 aromatic carbocycles. The van der Waals surface area contributed by atoms with Crippen molar-refractivity contribution in [3.8, 4) is 0 Å². The number of aliphatic hydroxyl groups is 2. The number of hydrogen-bond donors (Lipinski definition) is 4. The van der Waals surface area contributed by atoms with Crippen molar-refractivity contribution in [3.05, 3.63) is 32.6 Å². The van der Waals surface area contributed by atoms with Crippen LogP contribution in [0.5, 0.6) is 0 Å². The highest BCUT2D eigenvalue weighted by molar-refractivity contribution is 5.81. The van der Waals surface area contributed by atoms with Crippen LogP contribution in [0.25, 0.3) is 0 Å². The third-order valence-corrected chi connectivity index (χ3v) is 4.25. The Morgan fingerprint density at radius 1 is 1.48 bits per heavy atom. The number of alkyl halides is 3. The maximum Gasteiger partial charge on any atom is 0.471 e. The smallest absolute Gasteiger partial charge is 0.393 e. The predicted molar refractivity (Wildman–Crippen MR) is 81.9 cm³/mol. The molecule has 1 aromatic rings. The largest absolute Gasteiger partial charge is 0.471 e. The molecule has 2 rings (SSSR count). The second-order valence-corrected chi connectivity index (χ2v) is 6.04. The standard InChI is InChI=1S/C14H18F3N3O7/c1-6-3-20(12(25)19-9(6)23)10-7(26-2)8(22)13(5-21,27-10)4-18-11(24)14(15,16)17/h3,7-8,10,21-22H,4-5H2,1-2H3,(H,18,24)(H,19,23,25)/t7-,8+,10-,13-/m1/s1. The van der Waals surface area contributed by atoms with Crippen LogP contribution in [0, 0.1) is 6.92 Å². The molecule has 10 nitrogen and oxygen atoms in total. The van der Waals surface area contributed by atoms with Crippen molar-refractivity contribution in [2.24, 2.45) is 0 Å². The van der Waals surface area contributed by atoms with Gasteiger partial charge >= 0.3 is 17.8 Å². The molecule has 13 heteroatoms. The van der Waals surface area contributed by atoms with Gasteiger partial charge < -0.3 is 25.0 Å². The van der Waals surface area contributed by atoms with E-state index < -0.39 is 60.5 Å². The molecule has 152 valence electrons. The molecule has 1 saturated heterocycles. The molecule has 1 fully saturated rings. The molecule has 1 aromatic heterocycles. The highest BCUT2D eigenvalue weighted by atomic mass is 19.4. The number of rotatable bonds is 5. The highest BCUT2D eigenvalue weighted by Gasteiger charge is 2.56. The van der Waals surface area contributed by atoms with Crippen LogP contribution >= 0.6 is 0 Å². The number of aromatic nitrogens is 2. The molecule has 2 heterocycles. The summed E-state index contributed by atoms with van der Waals surface area (Å²) in [6, 6.07) is 0. The molecule has 0 spiro atoms. The zero-order valence-electron chi connectivity index (χ0n) is 14.2. The van der Waals surface area contributed by atoms with Gasteiger partial charge in [-0.15, -0.1) is 0 Å². The fourth-order valence-corrected chi connectivity index (χ4v) is 2.73. The fraction of sp³-hybridized carbons (Fsp3) is 0.643. The first kappa shape index (κ1) is 21.1. The minimum Gasteiger partial charge on any atom is -0.393 e. The molecule has 1 aliphatic heterocycles. The van der Waals surface area contributed by atoms with Crippen LogP contribution in [-0.2, 0) is 14.3 Å². The minimum atomic E-state index is -5.17. The number of nitrogens with one attached hydrogen (secondary N) is 2. The Hall–Kier alpha value is -2.22. The summed E-state index contributed by atoms with van der Waals surface area (Å²) in [6.07, 6.45) is -8.43. The van der Waals surface area contributed by atoms with Gasteiger partial charge in [-0.3, -0.25) is 19.1 Å². The average molecular weight is 397 g/mol. The number of aliphatic hydroxyl groups excluding tert-OH is 2. The molecular formula is C14H18F3N3O7. The number of aryl methyl sites for hydroxylation is 1. The lowest BCUT2D eigenvalue weighted by Gasteiger charge is -2.30. The number of methoxy groups -OCH3 is 1. The normalized spacial score (nSPS) is 28.3. The summed E-state index contributed by atoms with van der Waals surface area (Å²) >= 11 is 0. The molecule has 0 bridgehead atoms. The summed E-state index contributed by atoms with van der Waals surface area (Å²) in [5, 5.41) is 21.6. The zero-order chi connectivity index (χ0) is 20.6. The lowest BCUT2D eigenvalue weighted by atomic mass is 9.95. The van der Waals surface area contributed by atoms with E-state index in [1.807, 2.05) is 4.98 Å². The van der Waals surface area contributed by atoms with Gasteiger partial charge in [-0.1, -0.05) is 0 Å². The molecular weight excluding hydrogens is 379 g/mol. The van der Waals surface area contributed by atoms with E-state index in [9.17, 15) is 37.8 Å². The van der Waals surface area contributed by atoms with Crippen molar-refractivity contribution in [1.82, 2.24) is 14.9 Å². The first-order valence-corrected chi connectivity index (χ1v) is 7.63. The van der Waals surface area contributed by atoms with Gasteiger partial charge in [0.1, 0.15) is 17.8 Å². The Morgan fingerprint density at radius 3 is 2.63 bits per heavy atom. The molecule has 0 aliphatic carbocycles. The van der Waals surface area contributed by atoms with Crippen molar-refractivity contribution < 1.29 is 37.7 Å². The summed E-state index contributed by atoms with van der Waals surface area (Å²) < 4.78 is 48.6. The van der Waals surface area contributed by atoms with Gasteiger partial charge in [0, 0.05) is 18.9 Å². The number of amides is 1. The van der Waals surface area contributed by atoms with Gasteiger partial charge in [-0.2, -0.15) is 13.2 Å². The Morgan fingerprint density at radius 2 is 2.11 bits per heavy atom. The lowest BCUT2D eigenvalue weighted by molar-refractivity contribution is -0.177. The Kier molecular flexibility index (Phi) is 5.79. The van der Waals surface area contributed by atoms with Gasteiger partial charge in [-0.05, 0) is 6.92 Å². The van der Waals surface area contributed by atoms with Gasteiger partial charge in [0.2, 0.25) is 0 Å². The van der Waals surface area contributed by atoms with Crippen LogP contribution in [0.2, 0.25) is 0 Å². The summed E-state index contributed by atoms with van der Waals surface area (Å²) in [7, 11) is 1.15. The topological polar surface area (TPSA) is 143 Å². The molecule has 0 saturated carbocycles. The van der Waals surface area contributed by atoms with Gasteiger partial charge in [0.15, 0.2) is 6.23 Å². The number of aromatic amines is 1. The third-order valence-electron chi connectivity index (χ3n) is 4.25. The van der Waals surface area contributed by atoms with Crippen LogP contribution < -0.4 is 16.6 Å². The van der Waals surface area contributed by atoms with Gasteiger partial charge in [-0.25, -0.2) is 4.79 Å². The number of halogens is 3. The minimum absolute atomic E-state index is 0.120. The summed E-state index contributed by atoms with van der Waals surface area (Å²) in [4.78, 5) is 36.6. The van der Waals surface area contributed by atoms with E-state index in [4.69, 9.17) is 9.47 Å². The molecule has 1 aliphatic rings. The fourth-order valence-electron chi connectivity index (χ4n) is 2.73. The number of ether oxygens (including phenoxy) is 2. The Labute approximate surface area is 149 Å². The number of nitrogens with zero attached hydrogens (tertiary/aromatic N) is 1.